The Balaban J connectivity index is 1.53. The summed E-state index contributed by atoms with van der Waals surface area (Å²) in [6.07, 6.45) is 3.14. The molecule has 1 heterocycles. The third kappa shape index (κ3) is 3.54. The van der Waals surface area contributed by atoms with Crippen molar-refractivity contribution < 1.29 is 14.0 Å². The van der Waals surface area contributed by atoms with Gasteiger partial charge in [-0.05, 0) is 53.9 Å². The van der Waals surface area contributed by atoms with Crippen LogP contribution >= 0.6 is 0 Å². The first-order valence-corrected chi connectivity index (χ1v) is 10.2. The molecule has 2 amide bonds. The molecule has 1 aliphatic carbocycles. The van der Waals surface area contributed by atoms with E-state index in [2.05, 4.69) is 18.2 Å². The third-order valence-corrected chi connectivity index (χ3v) is 6.64. The Morgan fingerprint density at radius 2 is 1.72 bits per heavy atom. The van der Waals surface area contributed by atoms with Crippen molar-refractivity contribution in [1.29, 1.82) is 0 Å². The number of halogens is 1. The number of piperidine rings is 1. The van der Waals surface area contributed by atoms with Crippen LogP contribution in [0.5, 0.6) is 0 Å². The standard InChI is InChI=1S/C24H27FN2O2/c1-26(2)22(28)15-17-16-24(20-9-5-3-7-18(17)20)11-13-27(14-12-24)23(29)19-8-4-6-10-21(19)25/h3-10,17H,11-16H2,1-2H3/t17-/m1/s1. The number of amides is 2. The Morgan fingerprint density at radius 3 is 2.41 bits per heavy atom. The molecule has 1 atom stereocenters. The van der Waals surface area contributed by atoms with Gasteiger partial charge in [0, 0.05) is 33.6 Å². The maximum absolute atomic E-state index is 14.0. The first-order chi connectivity index (χ1) is 13.9. The van der Waals surface area contributed by atoms with Gasteiger partial charge in [0.1, 0.15) is 5.82 Å². The SMILES string of the molecule is CN(C)C(=O)C[C@@H]1CC2(CCN(C(=O)c3ccccc3F)CC2)c2ccccc21. The predicted octanol–water partition coefficient (Wildman–Crippen LogP) is 3.97. The van der Waals surface area contributed by atoms with E-state index in [1.165, 1.54) is 17.2 Å². The molecule has 5 heteroatoms. The van der Waals surface area contributed by atoms with Crippen LogP contribution in [0.1, 0.15) is 53.1 Å². The largest absolute Gasteiger partial charge is 0.349 e. The van der Waals surface area contributed by atoms with Gasteiger partial charge < -0.3 is 9.80 Å². The fraction of sp³-hybridized carbons (Fsp3) is 0.417. The molecule has 1 spiro atoms. The monoisotopic (exact) mass is 394 g/mol. The maximum atomic E-state index is 14.0. The van der Waals surface area contributed by atoms with Gasteiger partial charge >= 0.3 is 0 Å². The van der Waals surface area contributed by atoms with E-state index >= 15 is 0 Å². The van der Waals surface area contributed by atoms with E-state index in [1.54, 1.807) is 42.1 Å². The molecule has 4 rings (SSSR count). The van der Waals surface area contributed by atoms with Crippen molar-refractivity contribution in [1.82, 2.24) is 9.80 Å². The maximum Gasteiger partial charge on any atom is 0.256 e. The second-order valence-corrected chi connectivity index (χ2v) is 8.53. The molecule has 2 aliphatic rings. The number of benzene rings is 2. The minimum atomic E-state index is -0.466. The average molecular weight is 394 g/mol. The second kappa shape index (κ2) is 7.62. The minimum absolute atomic E-state index is 0.000134. The highest BCUT2D eigenvalue weighted by Gasteiger charge is 2.46. The summed E-state index contributed by atoms with van der Waals surface area (Å²) in [5.74, 6) is -0.334. The van der Waals surface area contributed by atoms with Crippen molar-refractivity contribution in [3.8, 4) is 0 Å². The predicted molar refractivity (Wildman–Crippen MR) is 110 cm³/mol. The third-order valence-electron chi connectivity index (χ3n) is 6.64. The molecule has 1 fully saturated rings. The van der Waals surface area contributed by atoms with Gasteiger partial charge in [0.2, 0.25) is 5.91 Å². The van der Waals surface area contributed by atoms with Crippen molar-refractivity contribution in [3.05, 3.63) is 71.0 Å². The zero-order valence-corrected chi connectivity index (χ0v) is 17.0. The van der Waals surface area contributed by atoms with Crippen LogP contribution in [0.3, 0.4) is 0 Å². The molecule has 0 unspecified atom stereocenters. The van der Waals surface area contributed by atoms with Crippen LogP contribution in [0.4, 0.5) is 4.39 Å². The zero-order chi connectivity index (χ0) is 20.6. The molecule has 0 aromatic heterocycles. The summed E-state index contributed by atoms with van der Waals surface area (Å²) in [5.41, 5.74) is 2.75. The molecule has 2 aromatic carbocycles. The summed E-state index contributed by atoms with van der Waals surface area (Å²) in [4.78, 5) is 28.6. The molecule has 0 N–H and O–H groups in total. The van der Waals surface area contributed by atoms with Crippen LogP contribution in [0.25, 0.3) is 0 Å². The lowest BCUT2D eigenvalue weighted by molar-refractivity contribution is -0.129. The van der Waals surface area contributed by atoms with Gasteiger partial charge in [-0.15, -0.1) is 0 Å². The van der Waals surface area contributed by atoms with Gasteiger partial charge in [-0.2, -0.15) is 0 Å². The van der Waals surface area contributed by atoms with E-state index in [9.17, 15) is 14.0 Å². The van der Waals surface area contributed by atoms with Gasteiger partial charge in [-0.25, -0.2) is 4.39 Å². The molecule has 4 nitrogen and oxygen atoms in total. The van der Waals surface area contributed by atoms with Crippen LogP contribution in [-0.4, -0.2) is 48.8 Å². The molecule has 0 radical (unpaired) electrons. The van der Waals surface area contributed by atoms with Crippen LogP contribution in [0, 0.1) is 5.82 Å². The summed E-state index contributed by atoms with van der Waals surface area (Å²) in [6, 6.07) is 14.6. The lowest BCUT2D eigenvalue weighted by Crippen LogP contribution is -2.44. The number of carbonyl (C=O) groups is 2. The summed E-state index contributed by atoms with van der Waals surface area (Å²) >= 11 is 0. The van der Waals surface area contributed by atoms with Crippen LogP contribution in [-0.2, 0) is 10.2 Å². The van der Waals surface area contributed by atoms with E-state index in [1.807, 2.05) is 6.07 Å². The van der Waals surface area contributed by atoms with Crippen molar-refractivity contribution in [2.45, 2.75) is 37.0 Å². The molecule has 0 bridgehead atoms. The molecular weight excluding hydrogens is 367 g/mol. The minimum Gasteiger partial charge on any atom is -0.349 e. The van der Waals surface area contributed by atoms with Crippen LogP contribution in [0.2, 0.25) is 0 Å². The Bertz CT molecular complexity index is 932. The molecule has 152 valence electrons. The zero-order valence-electron chi connectivity index (χ0n) is 17.0. The first kappa shape index (κ1) is 19.6. The molecule has 1 aliphatic heterocycles. The number of nitrogens with zero attached hydrogens (tertiary/aromatic N) is 2. The van der Waals surface area contributed by atoms with Gasteiger partial charge in [0.15, 0.2) is 0 Å². The topological polar surface area (TPSA) is 40.6 Å². The quantitative estimate of drug-likeness (QED) is 0.791. The van der Waals surface area contributed by atoms with Crippen molar-refractivity contribution in [2.75, 3.05) is 27.2 Å². The Labute approximate surface area is 171 Å². The number of carbonyl (C=O) groups excluding carboxylic acids is 2. The second-order valence-electron chi connectivity index (χ2n) is 8.53. The number of likely N-dealkylation sites (tertiary alicyclic amines) is 1. The normalized spacial score (nSPS) is 19.8. The fourth-order valence-corrected chi connectivity index (χ4v) is 5.02. The fourth-order valence-electron chi connectivity index (χ4n) is 5.02. The Hall–Kier alpha value is -2.69. The molecular formula is C24H27FN2O2. The molecule has 1 saturated heterocycles. The van der Waals surface area contributed by atoms with Crippen LogP contribution < -0.4 is 0 Å². The highest BCUT2D eigenvalue weighted by Crippen LogP contribution is 2.52. The first-order valence-electron chi connectivity index (χ1n) is 10.2. The van der Waals surface area contributed by atoms with Crippen LogP contribution in [0.15, 0.2) is 48.5 Å². The average Bonchev–Trinajstić information content (AvgIpc) is 3.02. The van der Waals surface area contributed by atoms with Gasteiger partial charge in [0.25, 0.3) is 5.91 Å². The van der Waals surface area contributed by atoms with E-state index in [0.717, 1.165) is 19.3 Å². The lowest BCUT2D eigenvalue weighted by atomic mass is 9.73. The smallest absolute Gasteiger partial charge is 0.256 e. The molecule has 2 aromatic rings. The number of fused-ring (bicyclic) bond motifs is 2. The molecule has 0 saturated carbocycles. The number of hydrogen-bond acceptors (Lipinski definition) is 2. The van der Waals surface area contributed by atoms with Crippen molar-refractivity contribution in [3.63, 3.8) is 0 Å². The summed E-state index contributed by atoms with van der Waals surface area (Å²) in [6.45, 7) is 1.21. The molecule has 29 heavy (non-hydrogen) atoms. The summed E-state index contributed by atoms with van der Waals surface area (Å²) in [5, 5.41) is 0. The van der Waals surface area contributed by atoms with E-state index in [4.69, 9.17) is 0 Å². The number of rotatable bonds is 3. The summed E-state index contributed by atoms with van der Waals surface area (Å²) < 4.78 is 14.0. The van der Waals surface area contributed by atoms with Gasteiger partial charge in [-0.1, -0.05) is 36.4 Å². The van der Waals surface area contributed by atoms with Crippen molar-refractivity contribution in [2.24, 2.45) is 0 Å². The highest BCUT2D eigenvalue weighted by molar-refractivity contribution is 5.94. The van der Waals surface area contributed by atoms with Gasteiger partial charge in [-0.3, -0.25) is 9.59 Å². The highest BCUT2D eigenvalue weighted by atomic mass is 19.1. The van der Waals surface area contributed by atoms with Gasteiger partial charge in [0.05, 0.1) is 5.56 Å². The van der Waals surface area contributed by atoms with E-state index in [0.29, 0.717) is 19.5 Å². The van der Waals surface area contributed by atoms with E-state index < -0.39 is 5.82 Å². The number of hydrogen-bond donors (Lipinski definition) is 0. The van der Waals surface area contributed by atoms with E-state index in [-0.39, 0.29) is 28.7 Å². The van der Waals surface area contributed by atoms with Crippen molar-refractivity contribution >= 4 is 11.8 Å². The lowest BCUT2D eigenvalue weighted by Gasteiger charge is -2.40. The Morgan fingerprint density at radius 1 is 1.07 bits per heavy atom. The summed E-state index contributed by atoms with van der Waals surface area (Å²) in [7, 11) is 3.59. The Kier molecular flexibility index (Phi) is 5.15.